The molecule has 0 aromatic carbocycles. The van der Waals surface area contributed by atoms with Crippen molar-refractivity contribution in [2.75, 3.05) is 6.54 Å². The van der Waals surface area contributed by atoms with Gasteiger partial charge in [0, 0.05) is 25.8 Å². The van der Waals surface area contributed by atoms with E-state index in [2.05, 4.69) is 21.3 Å². The van der Waals surface area contributed by atoms with Crippen LogP contribution in [0.2, 0.25) is 0 Å². The summed E-state index contributed by atoms with van der Waals surface area (Å²) in [7, 11) is 0. The standard InChI is InChI=1S/C29H49N9O10/c1-4-14(2)23(27(45)35-17(8-11-21(32)40)25(43)34-15(3)29(47)48)37-26(44)19-6-5-13-38(19)28(46)18(9-12-22(33)41)36-24(42)16(30)7-10-20(31)39/h14-19,23H,4-13,30H2,1-3H3,(H2,31,39)(H2,32,40)(H2,33,41)(H,34,43)(H,35,45)(H,36,42)(H,37,44)(H,47,48)/t14-,15-,16-,17-,18-,19-,23-/m0/s1. The number of carbonyl (C=O) groups is 9. The van der Waals surface area contributed by atoms with Gasteiger partial charge in [-0.15, -0.1) is 0 Å². The van der Waals surface area contributed by atoms with Crippen molar-refractivity contribution in [3.63, 3.8) is 0 Å². The number of carboxylic acids is 1. The van der Waals surface area contributed by atoms with Crippen LogP contribution < -0.4 is 44.2 Å². The minimum Gasteiger partial charge on any atom is -0.480 e. The van der Waals surface area contributed by atoms with Crippen molar-refractivity contribution in [3.05, 3.63) is 0 Å². The van der Waals surface area contributed by atoms with Crippen molar-refractivity contribution in [1.82, 2.24) is 26.2 Å². The zero-order chi connectivity index (χ0) is 36.7. The molecule has 0 aromatic rings. The van der Waals surface area contributed by atoms with Crippen LogP contribution in [0.1, 0.15) is 78.6 Å². The Hall–Kier alpha value is -4.81. The van der Waals surface area contributed by atoms with Crippen LogP contribution in [0.4, 0.5) is 0 Å². The number of nitrogens with one attached hydrogen (secondary N) is 4. The van der Waals surface area contributed by atoms with E-state index in [1.807, 2.05) is 0 Å². The third kappa shape index (κ3) is 13.5. The van der Waals surface area contributed by atoms with Gasteiger partial charge in [-0.1, -0.05) is 20.3 Å². The van der Waals surface area contributed by atoms with Gasteiger partial charge in [-0.2, -0.15) is 0 Å². The second kappa shape index (κ2) is 19.8. The minimum atomic E-state index is -1.36. The fraction of sp³-hybridized carbons (Fsp3) is 0.690. The molecule has 0 bridgehead atoms. The molecule has 1 aliphatic rings. The first-order chi connectivity index (χ1) is 22.4. The largest absolute Gasteiger partial charge is 0.480 e. The minimum absolute atomic E-state index is 0.0880. The van der Waals surface area contributed by atoms with Gasteiger partial charge in [0.15, 0.2) is 0 Å². The number of aliphatic carboxylic acids is 1. The predicted molar refractivity (Wildman–Crippen MR) is 168 cm³/mol. The number of nitrogens with two attached hydrogens (primary N) is 4. The second-order valence-corrected chi connectivity index (χ2v) is 11.9. The number of hydrogen-bond acceptors (Lipinski definition) is 10. The highest BCUT2D eigenvalue weighted by Gasteiger charge is 2.40. The Morgan fingerprint density at radius 3 is 1.79 bits per heavy atom. The molecule has 270 valence electrons. The second-order valence-electron chi connectivity index (χ2n) is 11.9. The summed E-state index contributed by atoms with van der Waals surface area (Å²) in [6.07, 6.45) is -0.269. The maximum Gasteiger partial charge on any atom is 0.325 e. The monoisotopic (exact) mass is 683 g/mol. The molecule has 1 fully saturated rings. The van der Waals surface area contributed by atoms with E-state index in [9.17, 15) is 43.2 Å². The highest BCUT2D eigenvalue weighted by Crippen LogP contribution is 2.21. The van der Waals surface area contributed by atoms with Crippen LogP contribution in [-0.4, -0.2) is 106 Å². The molecule has 0 radical (unpaired) electrons. The van der Waals surface area contributed by atoms with Crippen LogP contribution in [-0.2, 0) is 43.2 Å². The molecule has 1 rings (SSSR count). The van der Waals surface area contributed by atoms with Gasteiger partial charge in [-0.05, 0) is 44.9 Å². The van der Waals surface area contributed by atoms with Gasteiger partial charge in [0.2, 0.25) is 47.3 Å². The van der Waals surface area contributed by atoms with Gasteiger partial charge < -0.3 is 54.2 Å². The smallest absolute Gasteiger partial charge is 0.325 e. The number of likely N-dealkylation sites (tertiary alicyclic amines) is 1. The molecule has 0 spiro atoms. The number of nitrogens with zero attached hydrogens (tertiary/aromatic N) is 1. The van der Waals surface area contributed by atoms with Crippen LogP contribution in [0.15, 0.2) is 0 Å². The van der Waals surface area contributed by atoms with Gasteiger partial charge in [0.1, 0.15) is 30.2 Å². The lowest BCUT2D eigenvalue weighted by Gasteiger charge is -2.31. The SMILES string of the molecule is CC[C@H](C)[C@H](NC(=O)[C@@H]1CCCN1C(=O)[C@H](CCC(N)=O)NC(=O)[C@@H](N)CCC(N)=O)C(=O)N[C@@H](CCC(N)=O)C(=O)N[C@@H](C)C(=O)O. The van der Waals surface area contributed by atoms with E-state index < -0.39 is 95.4 Å². The van der Waals surface area contributed by atoms with E-state index in [1.54, 1.807) is 13.8 Å². The van der Waals surface area contributed by atoms with Gasteiger partial charge in [-0.3, -0.25) is 43.2 Å². The lowest BCUT2D eigenvalue weighted by atomic mass is 9.96. The summed E-state index contributed by atoms with van der Waals surface area (Å²) < 4.78 is 0. The Kier molecular flexibility index (Phi) is 17.0. The van der Waals surface area contributed by atoms with E-state index in [1.165, 1.54) is 11.8 Å². The summed E-state index contributed by atoms with van der Waals surface area (Å²) in [5, 5.41) is 19.0. The molecule has 1 aliphatic heterocycles. The van der Waals surface area contributed by atoms with Gasteiger partial charge >= 0.3 is 5.97 Å². The van der Waals surface area contributed by atoms with Gasteiger partial charge in [-0.25, -0.2) is 0 Å². The Morgan fingerprint density at radius 1 is 0.750 bits per heavy atom. The van der Waals surface area contributed by atoms with Crippen molar-refractivity contribution >= 4 is 53.2 Å². The summed E-state index contributed by atoms with van der Waals surface area (Å²) in [6, 6.07) is -7.42. The number of primary amides is 3. The fourth-order valence-electron chi connectivity index (χ4n) is 4.90. The summed E-state index contributed by atoms with van der Waals surface area (Å²) in [6.45, 7) is 4.76. The number of amides is 8. The van der Waals surface area contributed by atoms with Crippen LogP contribution in [0.5, 0.6) is 0 Å². The molecule has 0 saturated carbocycles. The predicted octanol–water partition coefficient (Wildman–Crippen LogP) is -3.81. The van der Waals surface area contributed by atoms with Crippen molar-refractivity contribution in [2.24, 2.45) is 28.9 Å². The Morgan fingerprint density at radius 2 is 1.27 bits per heavy atom. The molecule has 8 amide bonds. The number of carboxylic acid groups (broad SMARTS) is 1. The molecule has 0 aliphatic carbocycles. The van der Waals surface area contributed by atoms with Crippen molar-refractivity contribution < 1.29 is 48.3 Å². The molecule has 1 saturated heterocycles. The molecular formula is C29H49N9O10. The Balaban J connectivity index is 3.19. The third-order valence-electron chi connectivity index (χ3n) is 8.01. The Bertz CT molecular complexity index is 1230. The molecule has 19 nitrogen and oxygen atoms in total. The first-order valence-corrected chi connectivity index (χ1v) is 15.7. The highest BCUT2D eigenvalue weighted by atomic mass is 16.4. The van der Waals surface area contributed by atoms with Gasteiger partial charge in [0.25, 0.3) is 0 Å². The Labute approximate surface area is 278 Å². The summed E-state index contributed by atoms with van der Waals surface area (Å²) in [5.74, 6) is -7.82. The van der Waals surface area contributed by atoms with E-state index in [0.29, 0.717) is 12.8 Å². The van der Waals surface area contributed by atoms with Crippen LogP contribution in [0, 0.1) is 5.92 Å². The highest BCUT2D eigenvalue weighted by molar-refractivity contribution is 5.97. The van der Waals surface area contributed by atoms with Crippen LogP contribution >= 0.6 is 0 Å². The van der Waals surface area contributed by atoms with Gasteiger partial charge in [0.05, 0.1) is 6.04 Å². The summed E-state index contributed by atoms with van der Waals surface area (Å²) in [4.78, 5) is 113. The van der Waals surface area contributed by atoms with Crippen molar-refractivity contribution in [2.45, 2.75) is 115 Å². The maximum absolute atomic E-state index is 13.7. The summed E-state index contributed by atoms with van der Waals surface area (Å²) in [5.41, 5.74) is 21.4. The topological polar surface area (TPSA) is 329 Å². The van der Waals surface area contributed by atoms with Crippen molar-refractivity contribution in [1.29, 1.82) is 0 Å². The number of carbonyl (C=O) groups excluding carboxylic acids is 8. The molecular weight excluding hydrogens is 634 g/mol. The third-order valence-corrected chi connectivity index (χ3v) is 8.01. The number of rotatable bonds is 21. The molecule has 48 heavy (non-hydrogen) atoms. The van der Waals surface area contributed by atoms with E-state index in [4.69, 9.17) is 28.0 Å². The molecule has 19 heteroatoms. The lowest BCUT2D eigenvalue weighted by Crippen LogP contribution is -2.60. The van der Waals surface area contributed by atoms with E-state index in [0.717, 1.165) is 0 Å². The normalized spacial score (nSPS) is 17.8. The molecule has 0 unspecified atom stereocenters. The molecule has 13 N–H and O–H groups in total. The summed E-state index contributed by atoms with van der Waals surface area (Å²) >= 11 is 0. The average molecular weight is 684 g/mol. The number of hydrogen-bond donors (Lipinski definition) is 9. The maximum atomic E-state index is 13.7. The zero-order valence-electron chi connectivity index (χ0n) is 27.5. The van der Waals surface area contributed by atoms with E-state index in [-0.39, 0.29) is 51.5 Å². The molecule has 1 heterocycles. The quantitative estimate of drug-likeness (QED) is 0.0564. The average Bonchev–Trinajstić information content (AvgIpc) is 3.51. The van der Waals surface area contributed by atoms with Crippen LogP contribution in [0.3, 0.4) is 0 Å². The van der Waals surface area contributed by atoms with Crippen LogP contribution in [0.25, 0.3) is 0 Å². The first-order valence-electron chi connectivity index (χ1n) is 15.7. The van der Waals surface area contributed by atoms with Crippen molar-refractivity contribution in [3.8, 4) is 0 Å². The zero-order valence-corrected chi connectivity index (χ0v) is 27.5. The lowest BCUT2D eigenvalue weighted by molar-refractivity contribution is -0.143. The molecule has 7 atom stereocenters. The van der Waals surface area contributed by atoms with E-state index >= 15 is 0 Å². The fourth-order valence-corrected chi connectivity index (χ4v) is 4.90. The first kappa shape index (κ1) is 41.2. The molecule has 0 aromatic heterocycles.